The van der Waals surface area contributed by atoms with E-state index in [2.05, 4.69) is 93.7 Å². The molecular weight excluding hydrogens is 817 g/mol. The van der Waals surface area contributed by atoms with E-state index in [-0.39, 0.29) is 31.1 Å². The molecular formula is C60H104O6. The first kappa shape index (κ1) is 62.8. The summed E-state index contributed by atoms with van der Waals surface area (Å²) in [7, 11) is 0. The Bertz CT molecular complexity index is 1240. The van der Waals surface area contributed by atoms with E-state index in [1.54, 1.807) is 0 Å². The van der Waals surface area contributed by atoms with Crippen molar-refractivity contribution in [2.24, 2.45) is 0 Å². The summed E-state index contributed by atoms with van der Waals surface area (Å²) in [4.78, 5) is 38.0. The number of esters is 3. The largest absolute Gasteiger partial charge is 0.462 e. The highest BCUT2D eigenvalue weighted by atomic mass is 16.6. The smallest absolute Gasteiger partial charge is 0.306 e. The molecule has 0 heterocycles. The van der Waals surface area contributed by atoms with E-state index in [0.29, 0.717) is 19.3 Å². The number of hydrogen-bond acceptors (Lipinski definition) is 6. The molecule has 0 aromatic heterocycles. The maximum atomic E-state index is 12.8. The van der Waals surface area contributed by atoms with Gasteiger partial charge in [0.1, 0.15) is 13.2 Å². The molecule has 0 fully saturated rings. The lowest BCUT2D eigenvalue weighted by molar-refractivity contribution is -0.167. The standard InChI is InChI=1S/C60H104O6/c1-4-7-10-13-16-19-21-23-25-27-29-30-32-33-35-37-39-41-44-47-50-53-59(62)65-56-57(55-64-58(61)52-49-46-43-18-15-12-9-6-3)66-60(63)54-51-48-45-42-40-38-36-34-31-28-26-24-22-20-17-14-11-8-5-2/h8,11,17,20,24,26-27,29,31,34,38,40,57H,4-7,9-10,12-16,18-19,21-23,25,28,30,32-33,35-37,39,41-56H2,1-3H3/b11-8-,20-17-,26-24-,29-27-,34-31-,40-38-. The van der Waals surface area contributed by atoms with Crippen molar-refractivity contribution in [3.05, 3.63) is 72.9 Å². The van der Waals surface area contributed by atoms with Crippen LogP contribution in [-0.2, 0) is 28.6 Å². The van der Waals surface area contributed by atoms with Crippen LogP contribution in [0.15, 0.2) is 72.9 Å². The lowest BCUT2D eigenvalue weighted by atomic mass is 10.1. The lowest BCUT2D eigenvalue weighted by Crippen LogP contribution is -2.30. The Labute approximate surface area is 408 Å². The van der Waals surface area contributed by atoms with Gasteiger partial charge in [-0.25, -0.2) is 0 Å². The fourth-order valence-corrected chi connectivity index (χ4v) is 7.76. The van der Waals surface area contributed by atoms with E-state index in [1.807, 2.05) is 0 Å². The molecule has 0 aromatic carbocycles. The van der Waals surface area contributed by atoms with Crippen molar-refractivity contribution in [2.75, 3.05) is 13.2 Å². The molecule has 1 unspecified atom stereocenters. The van der Waals surface area contributed by atoms with Gasteiger partial charge in [-0.15, -0.1) is 0 Å². The summed E-state index contributed by atoms with van der Waals surface area (Å²) in [6, 6.07) is 0. The van der Waals surface area contributed by atoms with Crippen LogP contribution in [0.25, 0.3) is 0 Å². The Kier molecular flexibility index (Phi) is 51.9. The second-order valence-electron chi connectivity index (χ2n) is 18.5. The molecule has 380 valence electrons. The molecule has 0 N–H and O–H groups in total. The summed E-state index contributed by atoms with van der Waals surface area (Å²) < 4.78 is 16.8. The highest BCUT2D eigenvalue weighted by Crippen LogP contribution is 2.15. The van der Waals surface area contributed by atoms with Crippen LogP contribution in [-0.4, -0.2) is 37.2 Å². The molecule has 0 bridgehead atoms. The summed E-state index contributed by atoms with van der Waals surface area (Å²) in [6.07, 6.45) is 69.1. The molecule has 0 saturated carbocycles. The minimum atomic E-state index is -0.791. The van der Waals surface area contributed by atoms with Crippen LogP contribution in [0.5, 0.6) is 0 Å². The molecule has 6 nitrogen and oxygen atoms in total. The highest BCUT2D eigenvalue weighted by molar-refractivity contribution is 5.71. The van der Waals surface area contributed by atoms with Crippen LogP contribution in [0.1, 0.15) is 271 Å². The molecule has 0 aliphatic heterocycles. The second kappa shape index (κ2) is 54.5. The quantitative estimate of drug-likeness (QED) is 0.0262. The summed E-state index contributed by atoms with van der Waals surface area (Å²) in [5.41, 5.74) is 0. The third kappa shape index (κ3) is 51.8. The molecule has 66 heavy (non-hydrogen) atoms. The Morgan fingerprint density at radius 1 is 0.318 bits per heavy atom. The average molecular weight is 921 g/mol. The van der Waals surface area contributed by atoms with E-state index >= 15 is 0 Å². The van der Waals surface area contributed by atoms with E-state index < -0.39 is 6.10 Å². The van der Waals surface area contributed by atoms with Crippen molar-refractivity contribution < 1.29 is 28.6 Å². The van der Waals surface area contributed by atoms with Gasteiger partial charge in [-0.1, -0.05) is 235 Å². The van der Waals surface area contributed by atoms with Gasteiger partial charge in [0.05, 0.1) is 0 Å². The Morgan fingerprint density at radius 3 is 0.955 bits per heavy atom. The Hall–Kier alpha value is -3.15. The highest BCUT2D eigenvalue weighted by Gasteiger charge is 2.19. The van der Waals surface area contributed by atoms with Gasteiger partial charge in [-0.3, -0.25) is 14.4 Å². The van der Waals surface area contributed by atoms with Crippen molar-refractivity contribution in [1.82, 2.24) is 0 Å². The van der Waals surface area contributed by atoms with E-state index in [1.165, 1.54) is 135 Å². The number of rotatable bonds is 50. The van der Waals surface area contributed by atoms with Crippen LogP contribution >= 0.6 is 0 Å². The van der Waals surface area contributed by atoms with E-state index in [9.17, 15) is 14.4 Å². The number of unbranched alkanes of at least 4 members (excludes halogenated alkanes) is 27. The molecule has 0 aromatic rings. The topological polar surface area (TPSA) is 78.9 Å². The predicted octanol–water partition coefficient (Wildman–Crippen LogP) is 18.6. The zero-order chi connectivity index (χ0) is 47.9. The zero-order valence-electron chi connectivity index (χ0n) is 43.4. The van der Waals surface area contributed by atoms with E-state index in [4.69, 9.17) is 14.2 Å². The number of ether oxygens (including phenoxy) is 3. The summed E-state index contributed by atoms with van der Waals surface area (Å²) in [5, 5.41) is 0. The van der Waals surface area contributed by atoms with Gasteiger partial charge in [0.25, 0.3) is 0 Å². The maximum Gasteiger partial charge on any atom is 0.306 e. The molecule has 6 heteroatoms. The summed E-state index contributed by atoms with van der Waals surface area (Å²) in [6.45, 7) is 6.48. The molecule has 1 atom stereocenters. The van der Waals surface area contributed by atoms with Crippen LogP contribution in [0.2, 0.25) is 0 Å². The third-order valence-electron chi connectivity index (χ3n) is 11.9. The monoisotopic (exact) mass is 921 g/mol. The first-order valence-corrected chi connectivity index (χ1v) is 27.9. The number of hydrogen-bond donors (Lipinski definition) is 0. The molecule has 0 rings (SSSR count). The van der Waals surface area contributed by atoms with Gasteiger partial charge in [0.2, 0.25) is 0 Å². The van der Waals surface area contributed by atoms with Crippen LogP contribution in [0.4, 0.5) is 0 Å². The minimum Gasteiger partial charge on any atom is -0.462 e. The normalized spacial score (nSPS) is 12.6. The van der Waals surface area contributed by atoms with Crippen LogP contribution < -0.4 is 0 Å². The van der Waals surface area contributed by atoms with Crippen molar-refractivity contribution in [2.45, 2.75) is 277 Å². The van der Waals surface area contributed by atoms with Crippen molar-refractivity contribution in [3.63, 3.8) is 0 Å². The SMILES string of the molecule is CC/C=C\C/C=C\C/C=C\C/C=C\C/C=C\CCCCCC(=O)OC(COC(=O)CCCCCCCCCC)COC(=O)CCCCCCCCCCC/C=C\CCCCCCCCCC. The lowest BCUT2D eigenvalue weighted by Gasteiger charge is -2.18. The minimum absolute atomic E-state index is 0.0883. The van der Waals surface area contributed by atoms with Gasteiger partial charge in [0, 0.05) is 19.3 Å². The third-order valence-corrected chi connectivity index (χ3v) is 11.9. The predicted molar refractivity (Wildman–Crippen MR) is 284 cm³/mol. The van der Waals surface area contributed by atoms with Gasteiger partial charge in [-0.2, -0.15) is 0 Å². The van der Waals surface area contributed by atoms with Crippen LogP contribution in [0.3, 0.4) is 0 Å². The zero-order valence-corrected chi connectivity index (χ0v) is 43.4. The average Bonchev–Trinajstić information content (AvgIpc) is 3.31. The summed E-state index contributed by atoms with van der Waals surface area (Å²) >= 11 is 0. The fourth-order valence-electron chi connectivity index (χ4n) is 7.76. The Balaban J connectivity index is 4.30. The molecule has 0 aliphatic carbocycles. The van der Waals surface area contributed by atoms with E-state index in [0.717, 1.165) is 96.3 Å². The number of carbonyl (C=O) groups excluding carboxylic acids is 3. The summed E-state index contributed by atoms with van der Waals surface area (Å²) in [5.74, 6) is -0.922. The van der Waals surface area contributed by atoms with Crippen molar-refractivity contribution >= 4 is 17.9 Å². The molecule has 0 spiro atoms. The molecule has 0 radical (unpaired) electrons. The van der Waals surface area contributed by atoms with Crippen LogP contribution in [0, 0.1) is 0 Å². The molecule has 0 aliphatic rings. The van der Waals surface area contributed by atoms with Gasteiger partial charge < -0.3 is 14.2 Å². The second-order valence-corrected chi connectivity index (χ2v) is 18.5. The first-order valence-electron chi connectivity index (χ1n) is 27.9. The number of carbonyl (C=O) groups is 3. The number of allylic oxidation sites excluding steroid dienone is 12. The van der Waals surface area contributed by atoms with Gasteiger partial charge >= 0.3 is 17.9 Å². The molecule has 0 saturated heterocycles. The van der Waals surface area contributed by atoms with Gasteiger partial charge in [0.15, 0.2) is 6.10 Å². The first-order chi connectivity index (χ1) is 32.5. The van der Waals surface area contributed by atoms with Gasteiger partial charge in [-0.05, 0) is 89.9 Å². The fraction of sp³-hybridized carbons (Fsp3) is 0.750. The van der Waals surface area contributed by atoms with Crippen molar-refractivity contribution in [3.8, 4) is 0 Å². The van der Waals surface area contributed by atoms with Crippen molar-refractivity contribution in [1.29, 1.82) is 0 Å². The molecule has 0 amide bonds. The Morgan fingerprint density at radius 2 is 0.591 bits per heavy atom. The maximum absolute atomic E-state index is 12.8.